The minimum atomic E-state index is -3.46. The van der Waals surface area contributed by atoms with E-state index in [1.54, 1.807) is 30.3 Å². The third kappa shape index (κ3) is 2.04. The number of carbonyl (C=O) groups excluding carboxylic acids is 1. The summed E-state index contributed by atoms with van der Waals surface area (Å²) in [5.41, 5.74) is 0.331. The quantitative estimate of drug-likeness (QED) is 0.757. The van der Waals surface area contributed by atoms with Gasteiger partial charge in [-0.05, 0) is 43.5 Å². The second-order valence-electron chi connectivity index (χ2n) is 7.60. The van der Waals surface area contributed by atoms with Crippen molar-refractivity contribution in [3.8, 4) is 0 Å². The van der Waals surface area contributed by atoms with Gasteiger partial charge in [0.15, 0.2) is 15.4 Å². The van der Waals surface area contributed by atoms with Gasteiger partial charge in [0, 0.05) is 18.5 Å². The lowest BCUT2D eigenvalue weighted by molar-refractivity contribution is -0.148. The Hall–Kier alpha value is -1.66. The molecule has 5 nitrogen and oxygen atoms in total. The molecule has 0 radical (unpaired) electrons. The lowest BCUT2D eigenvalue weighted by atomic mass is 9.77. The molecule has 1 aromatic carbocycles. The molecule has 5 rings (SSSR count). The predicted molar refractivity (Wildman–Crippen MR) is 91.7 cm³/mol. The normalized spacial score (nSPS) is 37.2. The number of hydrogen-bond donors (Lipinski definition) is 0. The first-order valence-electron chi connectivity index (χ1n) is 9.01. The molecular weight excluding hydrogens is 338 g/mol. The topological polar surface area (TPSA) is 63.7 Å². The highest BCUT2D eigenvalue weighted by molar-refractivity contribution is 7.92. The van der Waals surface area contributed by atoms with Crippen LogP contribution in [0.4, 0.5) is 0 Å². The van der Waals surface area contributed by atoms with Crippen LogP contribution >= 0.6 is 0 Å². The average Bonchev–Trinajstić information content (AvgIpc) is 3.10. The number of nitrogens with zero attached hydrogens (tertiary/aromatic N) is 1. The van der Waals surface area contributed by atoms with Crippen molar-refractivity contribution in [3.63, 3.8) is 0 Å². The third-order valence-corrected chi connectivity index (χ3v) is 8.67. The number of rotatable bonds is 2. The van der Waals surface area contributed by atoms with E-state index in [-0.39, 0.29) is 18.1 Å². The maximum atomic E-state index is 13.3. The van der Waals surface area contributed by atoms with E-state index in [9.17, 15) is 13.2 Å². The van der Waals surface area contributed by atoms with E-state index in [1.807, 2.05) is 6.07 Å². The second-order valence-corrected chi connectivity index (χ2v) is 9.77. The number of sulfone groups is 1. The largest absolute Gasteiger partial charge is 0.450 e. The van der Waals surface area contributed by atoms with Gasteiger partial charge in [-0.3, -0.25) is 4.90 Å². The van der Waals surface area contributed by atoms with Gasteiger partial charge in [0.2, 0.25) is 0 Å². The average molecular weight is 359 g/mol. The lowest BCUT2D eigenvalue weighted by Gasteiger charge is -2.38. The van der Waals surface area contributed by atoms with Gasteiger partial charge in [0.05, 0.1) is 16.2 Å². The number of benzene rings is 1. The van der Waals surface area contributed by atoms with E-state index in [4.69, 9.17) is 4.74 Å². The van der Waals surface area contributed by atoms with Crippen molar-refractivity contribution < 1.29 is 17.9 Å². The van der Waals surface area contributed by atoms with E-state index < -0.39 is 20.7 Å². The summed E-state index contributed by atoms with van der Waals surface area (Å²) in [7, 11) is -3.46. The van der Waals surface area contributed by atoms with Gasteiger partial charge in [-0.15, -0.1) is 0 Å². The van der Waals surface area contributed by atoms with Crippen LogP contribution in [-0.2, 0) is 19.4 Å². The summed E-state index contributed by atoms with van der Waals surface area (Å²) in [4.78, 5) is 14.7. The molecule has 0 aromatic heterocycles. The van der Waals surface area contributed by atoms with Crippen molar-refractivity contribution in [2.24, 2.45) is 0 Å². The molecule has 132 valence electrons. The molecule has 1 aliphatic carbocycles. The Bertz CT molecular complexity index is 863. The van der Waals surface area contributed by atoms with Crippen molar-refractivity contribution >= 4 is 15.8 Å². The molecular formula is C19H21NO4S. The molecule has 4 aliphatic rings. The molecule has 3 heterocycles. The smallest absolute Gasteiger partial charge is 0.331 e. The number of hydrogen-bond acceptors (Lipinski definition) is 5. The molecule has 2 unspecified atom stereocenters. The monoisotopic (exact) mass is 359 g/mol. The SMILES string of the molecule is O=C1C=C2CC(S(=O)(=O)c3ccccc3)[C@@H]3C[C@@]2(O1)C1CCCCN13. The van der Waals surface area contributed by atoms with Gasteiger partial charge in [0.25, 0.3) is 0 Å². The fourth-order valence-electron chi connectivity index (χ4n) is 5.44. The van der Waals surface area contributed by atoms with E-state index in [1.165, 1.54) is 0 Å². The van der Waals surface area contributed by atoms with Gasteiger partial charge in [-0.2, -0.15) is 0 Å². The fourth-order valence-corrected chi connectivity index (χ4v) is 7.39. The number of fused-ring (bicyclic) bond motifs is 3. The summed E-state index contributed by atoms with van der Waals surface area (Å²) in [5, 5.41) is -0.508. The number of carbonyl (C=O) groups is 1. The van der Waals surface area contributed by atoms with Gasteiger partial charge in [0.1, 0.15) is 0 Å². The molecule has 3 aliphatic heterocycles. The van der Waals surface area contributed by atoms with Crippen molar-refractivity contribution in [1.29, 1.82) is 0 Å². The number of esters is 1. The van der Waals surface area contributed by atoms with Gasteiger partial charge >= 0.3 is 5.97 Å². The zero-order valence-corrected chi connectivity index (χ0v) is 14.7. The highest BCUT2D eigenvalue weighted by Crippen LogP contribution is 2.55. The Labute approximate surface area is 147 Å². The first kappa shape index (κ1) is 15.6. The maximum Gasteiger partial charge on any atom is 0.331 e. The summed E-state index contributed by atoms with van der Waals surface area (Å²) in [6.07, 6.45) is 5.73. The molecule has 2 saturated heterocycles. The van der Waals surface area contributed by atoms with Gasteiger partial charge in [-0.25, -0.2) is 13.2 Å². The fraction of sp³-hybridized carbons (Fsp3) is 0.526. The van der Waals surface area contributed by atoms with Crippen molar-refractivity contribution in [1.82, 2.24) is 4.90 Å². The Kier molecular flexibility index (Phi) is 3.23. The summed E-state index contributed by atoms with van der Waals surface area (Å²) >= 11 is 0. The highest BCUT2D eigenvalue weighted by Gasteiger charge is 2.65. The van der Waals surface area contributed by atoms with E-state index in [0.29, 0.717) is 17.7 Å². The van der Waals surface area contributed by atoms with Crippen LogP contribution in [0.25, 0.3) is 0 Å². The maximum absolute atomic E-state index is 13.3. The van der Waals surface area contributed by atoms with Crippen LogP contribution in [0.5, 0.6) is 0 Å². The predicted octanol–water partition coefficient (Wildman–Crippen LogP) is 2.08. The van der Waals surface area contributed by atoms with Crippen LogP contribution in [0.1, 0.15) is 32.1 Å². The first-order valence-corrected chi connectivity index (χ1v) is 10.6. The minimum Gasteiger partial charge on any atom is -0.450 e. The van der Waals surface area contributed by atoms with Crippen LogP contribution in [0.3, 0.4) is 0 Å². The van der Waals surface area contributed by atoms with Crippen LogP contribution in [-0.4, -0.2) is 48.8 Å². The molecule has 0 amide bonds. The summed E-state index contributed by atoms with van der Waals surface area (Å²) < 4.78 is 32.5. The number of ether oxygens (including phenoxy) is 1. The van der Waals surface area contributed by atoms with E-state index in [0.717, 1.165) is 31.4 Å². The molecule has 25 heavy (non-hydrogen) atoms. The highest BCUT2D eigenvalue weighted by atomic mass is 32.2. The van der Waals surface area contributed by atoms with Crippen molar-refractivity contribution in [3.05, 3.63) is 42.0 Å². The summed E-state index contributed by atoms with van der Waals surface area (Å²) in [6.45, 7) is 0.892. The summed E-state index contributed by atoms with van der Waals surface area (Å²) in [5.74, 6) is -0.307. The zero-order chi connectivity index (χ0) is 17.2. The van der Waals surface area contributed by atoms with Crippen LogP contribution in [0.15, 0.2) is 46.9 Å². The molecule has 1 spiro atoms. The zero-order valence-electron chi connectivity index (χ0n) is 13.9. The van der Waals surface area contributed by atoms with E-state index in [2.05, 4.69) is 4.90 Å². The molecule has 4 atom stereocenters. The van der Waals surface area contributed by atoms with Crippen LogP contribution < -0.4 is 0 Å². The van der Waals surface area contributed by atoms with Crippen molar-refractivity contribution in [2.45, 2.75) is 59.9 Å². The van der Waals surface area contributed by atoms with Gasteiger partial charge in [-0.1, -0.05) is 24.6 Å². The molecule has 0 N–H and O–H groups in total. The Morgan fingerprint density at radius 3 is 2.76 bits per heavy atom. The third-order valence-electron chi connectivity index (χ3n) is 6.46. The molecule has 6 heteroatoms. The summed E-state index contributed by atoms with van der Waals surface area (Å²) in [6, 6.07) is 8.76. The lowest BCUT2D eigenvalue weighted by Crippen LogP contribution is -2.48. The van der Waals surface area contributed by atoms with Crippen LogP contribution in [0.2, 0.25) is 0 Å². The van der Waals surface area contributed by atoms with Gasteiger partial charge < -0.3 is 4.74 Å². The minimum absolute atomic E-state index is 0.0708. The Morgan fingerprint density at radius 1 is 1.16 bits per heavy atom. The molecule has 1 aromatic rings. The standard InChI is InChI=1S/C19H21NO4S/c21-18-11-13-10-16(25(22,23)14-6-2-1-3-7-14)15-12-19(13,24-18)17-8-4-5-9-20(15)17/h1-3,6-7,11,15-17H,4-5,8-10,12H2/t15-,16?,17?,19-/m0/s1. The first-order chi connectivity index (χ1) is 12.0. The molecule has 1 saturated carbocycles. The van der Waals surface area contributed by atoms with Crippen molar-refractivity contribution in [2.75, 3.05) is 6.54 Å². The van der Waals surface area contributed by atoms with E-state index >= 15 is 0 Å². The molecule has 2 bridgehead atoms. The Balaban J connectivity index is 1.62. The second kappa shape index (κ2) is 5.17. The Morgan fingerprint density at radius 2 is 1.96 bits per heavy atom. The molecule has 3 fully saturated rings. The number of piperidine rings is 1. The van der Waals surface area contributed by atoms with Crippen LogP contribution in [0, 0.1) is 0 Å².